The lowest BCUT2D eigenvalue weighted by molar-refractivity contribution is 0.508. The summed E-state index contributed by atoms with van der Waals surface area (Å²) in [6.45, 7) is 4.00. The molecule has 0 saturated carbocycles. The Bertz CT molecular complexity index is 370. The number of benzene rings is 2. The topological polar surface area (TPSA) is 0 Å². The summed E-state index contributed by atoms with van der Waals surface area (Å²) in [6.07, 6.45) is 0. The first kappa shape index (κ1) is 16.2. The molecule has 0 aliphatic rings. The van der Waals surface area contributed by atoms with Crippen LogP contribution in [0.5, 0.6) is 0 Å². The molecule has 2 aromatic carbocycles. The molecule has 0 amide bonds. The highest BCUT2D eigenvalue weighted by atomic mass is 19.2. The first-order valence-electron chi connectivity index (χ1n) is 5.41. The quantitative estimate of drug-likeness (QED) is 0.586. The van der Waals surface area contributed by atoms with Gasteiger partial charge in [0, 0.05) is 0 Å². The van der Waals surface area contributed by atoms with Crippen LogP contribution >= 0.6 is 0 Å². The summed E-state index contributed by atoms with van der Waals surface area (Å²) < 4.78 is 47.8. The highest BCUT2D eigenvalue weighted by molar-refractivity contribution is 5.05. The first-order chi connectivity index (χ1) is 8.61. The molecule has 0 unspecified atom stereocenters. The molecule has 0 N–H and O–H groups in total. The number of rotatable bonds is 0. The van der Waals surface area contributed by atoms with E-state index in [0.29, 0.717) is 0 Å². The molecule has 0 aliphatic carbocycles. The predicted molar refractivity (Wildman–Crippen MR) is 64.1 cm³/mol. The third-order valence-electron chi connectivity index (χ3n) is 1.65. The Morgan fingerprint density at radius 1 is 0.500 bits per heavy atom. The Kier molecular flexibility index (Phi) is 8.27. The third-order valence-corrected chi connectivity index (χ3v) is 1.65. The maximum atomic E-state index is 11.9. The normalized spacial score (nSPS) is 8.56. The van der Waals surface area contributed by atoms with Gasteiger partial charge in [0.2, 0.25) is 0 Å². The molecule has 4 heteroatoms. The van der Waals surface area contributed by atoms with Gasteiger partial charge in [0.15, 0.2) is 23.3 Å². The van der Waals surface area contributed by atoms with E-state index in [0.717, 1.165) is 24.3 Å². The van der Waals surface area contributed by atoms with E-state index in [1.54, 1.807) is 0 Å². The fourth-order valence-corrected chi connectivity index (χ4v) is 0.879. The molecular formula is C14H14F4. The predicted octanol–water partition coefficient (Wildman–Crippen LogP) is 4.96. The zero-order chi connectivity index (χ0) is 14.0. The fraction of sp³-hybridized carbons (Fsp3) is 0.143. The van der Waals surface area contributed by atoms with E-state index < -0.39 is 23.3 Å². The molecule has 0 bridgehead atoms. The van der Waals surface area contributed by atoms with Crippen LogP contribution in [0.4, 0.5) is 17.6 Å². The van der Waals surface area contributed by atoms with Crippen molar-refractivity contribution in [2.75, 3.05) is 0 Å². The van der Waals surface area contributed by atoms with Crippen LogP contribution < -0.4 is 0 Å². The first-order valence-corrected chi connectivity index (χ1v) is 5.41. The molecule has 0 fully saturated rings. The van der Waals surface area contributed by atoms with Crippen LogP contribution in [0.15, 0.2) is 48.5 Å². The summed E-state index contributed by atoms with van der Waals surface area (Å²) in [5.74, 6) is -3.19. The van der Waals surface area contributed by atoms with Crippen molar-refractivity contribution in [1.29, 1.82) is 0 Å². The van der Waals surface area contributed by atoms with Gasteiger partial charge in [-0.1, -0.05) is 38.1 Å². The third kappa shape index (κ3) is 6.03. The van der Waals surface area contributed by atoms with Gasteiger partial charge in [-0.3, -0.25) is 0 Å². The molecule has 0 heterocycles. The molecule has 0 radical (unpaired) electrons. The molecule has 0 spiro atoms. The Balaban J connectivity index is 0.000000283. The van der Waals surface area contributed by atoms with Crippen molar-refractivity contribution in [2.45, 2.75) is 13.8 Å². The van der Waals surface area contributed by atoms with E-state index in [4.69, 9.17) is 0 Å². The zero-order valence-corrected chi connectivity index (χ0v) is 10.1. The van der Waals surface area contributed by atoms with Gasteiger partial charge in [-0.15, -0.1) is 0 Å². The summed E-state index contributed by atoms with van der Waals surface area (Å²) in [5, 5.41) is 0. The van der Waals surface area contributed by atoms with Gasteiger partial charge in [0.05, 0.1) is 0 Å². The van der Waals surface area contributed by atoms with Crippen molar-refractivity contribution in [3.05, 3.63) is 71.8 Å². The molecule has 0 saturated heterocycles. The molecule has 0 aromatic heterocycles. The molecule has 2 aromatic rings. The highest BCUT2D eigenvalue weighted by Crippen LogP contribution is 2.02. The van der Waals surface area contributed by atoms with E-state index in [-0.39, 0.29) is 0 Å². The van der Waals surface area contributed by atoms with Crippen LogP contribution in [-0.4, -0.2) is 0 Å². The number of halogens is 4. The smallest absolute Gasteiger partial charge is 0.158 e. The van der Waals surface area contributed by atoms with E-state index >= 15 is 0 Å². The van der Waals surface area contributed by atoms with Crippen LogP contribution in [0.2, 0.25) is 0 Å². The second kappa shape index (κ2) is 9.22. The summed E-state index contributed by atoms with van der Waals surface area (Å²) in [5.41, 5.74) is 0. The number of hydrogen-bond acceptors (Lipinski definition) is 0. The van der Waals surface area contributed by atoms with Crippen molar-refractivity contribution in [3.63, 3.8) is 0 Å². The monoisotopic (exact) mass is 258 g/mol. The lowest BCUT2D eigenvalue weighted by Crippen LogP contribution is -1.77. The summed E-state index contributed by atoms with van der Waals surface area (Å²) in [6, 6.07) is 10.1. The molecule has 0 aliphatic heterocycles. The van der Waals surface area contributed by atoms with Crippen LogP contribution in [0, 0.1) is 23.3 Å². The maximum Gasteiger partial charge on any atom is 0.158 e. The van der Waals surface area contributed by atoms with Crippen LogP contribution in [-0.2, 0) is 0 Å². The van der Waals surface area contributed by atoms with Crippen molar-refractivity contribution in [1.82, 2.24) is 0 Å². The van der Waals surface area contributed by atoms with E-state index in [2.05, 4.69) is 0 Å². The molecule has 18 heavy (non-hydrogen) atoms. The van der Waals surface area contributed by atoms with Crippen LogP contribution in [0.25, 0.3) is 0 Å². The molecule has 98 valence electrons. The SMILES string of the molecule is CC.Fc1ccccc1F.Fc1ccccc1F. The van der Waals surface area contributed by atoms with Gasteiger partial charge in [-0.2, -0.15) is 0 Å². The average Bonchev–Trinajstić information content (AvgIpc) is 2.40. The average molecular weight is 258 g/mol. The number of hydrogen-bond donors (Lipinski definition) is 0. The van der Waals surface area contributed by atoms with Gasteiger partial charge in [-0.25, -0.2) is 17.6 Å². The van der Waals surface area contributed by atoms with Crippen molar-refractivity contribution < 1.29 is 17.6 Å². The van der Waals surface area contributed by atoms with Gasteiger partial charge >= 0.3 is 0 Å². The lowest BCUT2D eigenvalue weighted by atomic mass is 10.3. The minimum atomic E-state index is -0.799. The summed E-state index contributed by atoms with van der Waals surface area (Å²) >= 11 is 0. The summed E-state index contributed by atoms with van der Waals surface area (Å²) in [4.78, 5) is 0. The fourth-order valence-electron chi connectivity index (χ4n) is 0.879. The van der Waals surface area contributed by atoms with E-state index in [9.17, 15) is 17.6 Å². The van der Waals surface area contributed by atoms with Crippen molar-refractivity contribution >= 4 is 0 Å². The zero-order valence-electron chi connectivity index (χ0n) is 10.1. The van der Waals surface area contributed by atoms with Gasteiger partial charge in [0.25, 0.3) is 0 Å². The molecular weight excluding hydrogens is 244 g/mol. The second-order valence-corrected chi connectivity index (χ2v) is 2.83. The van der Waals surface area contributed by atoms with Gasteiger partial charge in [-0.05, 0) is 24.3 Å². The Morgan fingerprint density at radius 3 is 0.778 bits per heavy atom. The Morgan fingerprint density at radius 2 is 0.667 bits per heavy atom. The largest absolute Gasteiger partial charge is 0.204 e. The van der Waals surface area contributed by atoms with Crippen molar-refractivity contribution in [3.8, 4) is 0 Å². The second-order valence-electron chi connectivity index (χ2n) is 2.83. The molecule has 2 rings (SSSR count). The molecule has 0 nitrogen and oxygen atoms in total. The Hall–Kier alpha value is -1.84. The maximum absolute atomic E-state index is 11.9. The standard InChI is InChI=1S/2C6H4F2.C2H6/c2*7-5-3-1-2-4-6(5)8;1-2/h2*1-4H;1-2H3. The minimum absolute atomic E-state index is 0.799. The van der Waals surface area contributed by atoms with Gasteiger partial charge in [0.1, 0.15) is 0 Å². The Labute approximate surface area is 104 Å². The van der Waals surface area contributed by atoms with Gasteiger partial charge < -0.3 is 0 Å². The van der Waals surface area contributed by atoms with E-state index in [1.807, 2.05) is 13.8 Å². The van der Waals surface area contributed by atoms with Crippen LogP contribution in [0.3, 0.4) is 0 Å². The highest BCUT2D eigenvalue weighted by Gasteiger charge is 1.94. The summed E-state index contributed by atoms with van der Waals surface area (Å²) in [7, 11) is 0. The van der Waals surface area contributed by atoms with Crippen molar-refractivity contribution in [2.24, 2.45) is 0 Å². The lowest BCUT2D eigenvalue weighted by Gasteiger charge is -1.85. The molecule has 0 atom stereocenters. The minimum Gasteiger partial charge on any atom is -0.204 e. The van der Waals surface area contributed by atoms with E-state index in [1.165, 1.54) is 24.3 Å². The van der Waals surface area contributed by atoms with Crippen LogP contribution in [0.1, 0.15) is 13.8 Å².